The Morgan fingerprint density at radius 3 is 2.62 bits per heavy atom. The maximum Gasteiger partial charge on any atom is 0.273 e. The molecule has 2 aliphatic rings. The molecule has 4 rings (SSSR count). The lowest BCUT2D eigenvalue weighted by molar-refractivity contribution is -0.132. The summed E-state index contributed by atoms with van der Waals surface area (Å²) in [5, 5.41) is 18.9. The Morgan fingerprint density at radius 1 is 1.16 bits per heavy atom. The lowest BCUT2D eigenvalue weighted by atomic mass is 9.88. The van der Waals surface area contributed by atoms with Gasteiger partial charge < -0.3 is 25.2 Å². The molecule has 1 aliphatic heterocycles. The van der Waals surface area contributed by atoms with E-state index in [0.717, 1.165) is 38.9 Å². The smallest absolute Gasteiger partial charge is 0.273 e. The molecule has 32 heavy (non-hydrogen) atoms. The summed E-state index contributed by atoms with van der Waals surface area (Å²) in [6.07, 6.45) is 3.94. The molecule has 1 saturated heterocycles. The lowest BCUT2D eigenvalue weighted by Crippen LogP contribution is -2.57. The normalized spacial score (nSPS) is 20.9. The van der Waals surface area contributed by atoms with Crippen molar-refractivity contribution in [1.82, 2.24) is 20.7 Å². The van der Waals surface area contributed by atoms with E-state index in [1.807, 2.05) is 0 Å². The first-order valence-electron chi connectivity index (χ1n) is 11.2. The highest BCUT2D eigenvalue weighted by Gasteiger charge is 2.35. The number of aliphatic hydroxyl groups is 1. The number of benzene rings is 1. The molecule has 2 heterocycles. The third-order valence-electron chi connectivity index (χ3n) is 6.10. The van der Waals surface area contributed by atoms with E-state index in [1.54, 1.807) is 18.2 Å². The van der Waals surface area contributed by atoms with Gasteiger partial charge >= 0.3 is 0 Å². The molecule has 0 bridgehead atoms. The minimum atomic E-state index is -0.337. The quantitative estimate of drug-likeness (QED) is 0.484. The van der Waals surface area contributed by atoms with Crippen molar-refractivity contribution in [2.45, 2.75) is 44.2 Å². The van der Waals surface area contributed by atoms with Gasteiger partial charge in [-0.1, -0.05) is 11.6 Å². The molecule has 0 unspecified atom stereocenters. The van der Waals surface area contributed by atoms with Crippen molar-refractivity contribution in [1.29, 1.82) is 0 Å². The first-order valence-corrected chi connectivity index (χ1v) is 11.2. The molecule has 1 aromatic heterocycles. The molecule has 172 valence electrons. The number of aromatic nitrogens is 1. The predicted octanol–water partition coefficient (Wildman–Crippen LogP) is 1.95. The largest absolute Gasteiger partial charge is 0.393 e. The molecule has 2 fully saturated rings. The van der Waals surface area contributed by atoms with Gasteiger partial charge in [0, 0.05) is 37.3 Å². The van der Waals surface area contributed by atoms with Crippen molar-refractivity contribution in [3.63, 3.8) is 0 Å². The number of carbonyl (C=O) groups is 2. The van der Waals surface area contributed by atoms with E-state index >= 15 is 0 Å². The monoisotopic (exact) mass is 444 g/mol. The summed E-state index contributed by atoms with van der Waals surface area (Å²) in [6.45, 7) is 3.08. The summed E-state index contributed by atoms with van der Waals surface area (Å²) in [7, 11) is 0. The van der Waals surface area contributed by atoms with Crippen LogP contribution in [-0.2, 0) is 4.79 Å². The highest BCUT2D eigenvalue weighted by Crippen LogP contribution is 2.22. The van der Waals surface area contributed by atoms with Crippen LogP contribution in [0.1, 0.15) is 42.6 Å². The number of carbonyl (C=O) groups excluding carboxylic acids is 2. The number of amides is 2. The number of nitrogens with one attached hydrogen (secondary N) is 2. The third-order valence-corrected chi connectivity index (χ3v) is 6.10. The van der Waals surface area contributed by atoms with Crippen LogP contribution in [0.5, 0.6) is 0 Å². The second kappa shape index (κ2) is 10.2. The van der Waals surface area contributed by atoms with Crippen LogP contribution in [-0.4, -0.2) is 65.3 Å². The zero-order valence-corrected chi connectivity index (χ0v) is 17.9. The van der Waals surface area contributed by atoms with Gasteiger partial charge in [-0.2, -0.15) is 0 Å². The summed E-state index contributed by atoms with van der Waals surface area (Å²) in [5.74, 6) is -0.0404. The van der Waals surface area contributed by atoms with Crippen LogP contribution in [0.2, 0.25) is 0 Å². The molecule has 1 aromatic carbocycles. The molecule has 8 nitrogen and oxygen atoms in total. The SMILES string of the molecule is O=C(NCCCCCN1CC(C(=O)N[C@H]2C[C@@H](O)C2)C1)c1cc(-c2ccc(F)cc2)on1. The molecule has 0 radical (unpaired) electrons. The summed E-state index contributed by atoms with van der Waals surface area (Å²) in [4.78, 5) is 26.6. The Labute approximate surface area is 186 Å². The summed E-state index contributed by atoms with van der Waals surface area (Å²) >= 11 is 0. The number of unbranched alkanes of at least 4 members (excludes halogenated alkanes) is 2. The Hall–Kier alpha value is -2.78. The van der Waals surface area contributed by atoms with Crippen molar-refractivity contribution >= 4 is 11.8 Å². The van der Waals surface area contributed by atoms with E-state index in [0.29, 0.717) is 30.7 Å². The maximum absolute atomic E-state index is 13.0. The zero-order chi connectivity index (χ0) is 22.5. The van der Waals surface area contributed by atoms with Crippen molar-refractivity contribution in [2.24, 2.45) is 5.92 Å². The fraction of sp³-hybridized carbons (Fsp3) is 0.522. The van der Waals surface area contributed by atoms with E-state index in [4.69, 9.17) is 4.52 Å². The molecule has 2 aromatic rings. The van der Waals surface area contributed by atoms with E-state index in [9.17, 15) is 19.1 Å². The number of rotatable bonds is 10. The van der Waals surface area contributed by atoms with Gasteiger partial charge in [0.15, 0.2) is 11.5 Å². The highest BCUT2D eigenvalue weighted by atomic mass is 19.1. The Bertz CT molecular complexity index is 920. The van der Waals surface area contributed by atoms with Gasteiger partial charge in [-0.3, -0.25) is 9.59 Å². The second-order valence-electron chi connectivity index (χ2n) is 8.69. The first-order chi connectivity index (χ1) is 15.5. The number of halogens is 1. The minimum Gasteiger partial charge on any atom is -0.393 e. The number of hydrogen-bond acceptors (Lipinski definition) is 6. The van der Waals surface area contributed by atoms with Gasteiger partial charge in [-0.05, 0) is 56.5 Å². The number of aliphatic hydroxyl groups excluding tert-OH is 1. The molecule has 2 amide bonds. The van der Waals surface area contributed by atoms with Gasteiger partial charge in [0.25, 0.3) is 5.91 Å². The van der Waals surface area contributed by atoms with Gasteiger partial charge in [0.1, 0.15) is 5.82 Å². The van der Waals surface area contributed by atoms with Crippen LogP contribution in [0.25, 0.3) is 11.3 Å². The van der Waals surface area contributed by atoms with E-state index < -0.39 is 0 Å². The lowest BCUT2D eigenvalue weighted by Gasteiger charge is -2.40. The molecule has 1 aliphatic carbocycles. The van der Waals surface area contributed by atoms with Gasteiger partial charge in [0.05, 0.1) is 12.0 Å². The topological polar surface area (TPSA) is 108 Å². The van der Waals surface area contributed by atoms with Crippen molar-refractivity contribution in [3.05, 3.63) is 41.8 Å². The van der Waals surface area contributed by atoms with Crippen LogP contribution in [0.3, 0.4) is 0 Å². The average Bonchev–Trinajstić information content (AvgIpc) is 3.21. The molecule has 3 N–H and O–H groups in total. The Balaban J connectivity index is 1.05. The molecule has 0 spiro atoms. The summed E-state index contributed by atoms with van der Waals surface area (Å²) in [5.41, 5.74) is 0.858. The van der Waals surface area contributed by atoms with E-state index in [-0.39, 0.29) is 41.4 Å². The first kappa shape index (κ1) is 22.4. The number of nitrogens with zero attached hydrogens (tertiary/aromatic N) is 2. The van der Waals surface area contributed by atoms with Crippen LogP contribution in [0.15, 0.2) is 34.9 Å². The molecule has 0 atom stereocenters. The van der Waals surface area contributed by atoms with E-state index in [1.165, 1.54) is 12.1 Å². The van der Waals surface area contributed by atoms with Gasteiger partial charge in [0.2, 0.25) is 5.91 Å². The van der Waals surface area contributed by atoms with Crippen LogP contribution in [0.4, 0.5) is 4.39 Å². The summed E-state index contributed by atoms with van der Waals surface area (Å²) < 4.78 is 18.2. The van der Waals surface area contributed by atoms with Crippen molar-refractivity contribution < 1.29 is 23.6 Å². The third kappa shape index (κ3) is 5.72. The Kier molecular flexibility index (Phi) is 7.16. The molecular formula is C23H29FN4O4. The van der Waals surface area contributed by atoms with Gasteiger partial charge in [-0.15, -0.1) is 0 Å². The average molecular weight is 445 g/mol. The van der Waals surface area contributed by atoms with E-state index in [2.05, 4.69) is 20.7 Å². The maximum atomic E-state index is 13.0. The fourth-order valence-electron chi connectivity index (χ4n) is 4.01. The standard InChI is InChI=1S/C23H29FN4O4/c24-17-6-4-15(5-7-17)21-12-20(27-32-21)23(31)25-8-2-1-3-9-28-13-16(14-28)22(30)26-18-10-19(29)11-18/h4-7,12,16,18-19,29H,1-3,8-11,13-14H2,(H,25,31)(H,26,30)/t18-,19+. The van der Waals surface area contributed by atoms with Crippen molar-refractivity contribution in [2.75, 3.05) is 26.2 Å². The number of hydrogen-bond donors (Lipinski definition) is 3. The molecular weight excluding hydrogens is 415 g/mol. The van der Waals surface area contributed by atoms with Gasteiger partial charge in [-0.25, -0.2) is 4.39 Å². The fourth-order valence-corrected chi connectivity index (χ4v) is 4.01. The molecule has 9 heteroatoms. The zero-order valence-electron chi connectivity index (χ0n) is 17.9. The van der Waals surface area contributed by atoms with Crippen molar-refractivity contribution in [3.8, 4) is 11.3 Å². The number of likely N-dealkylation sites (tertiary alicyclic amines) is 1. The predicted molar refractivity (Wildman–Crippen MR) is 115 cm³/mol. The minimum absolute atomic E-state index is 0.0642. The Morgan fingerprint density at radius 2 is 1.91 bits per heavy atom. The summed E-state index contributed by atoms with van der Waals surface area (Å²) in [6, 6.07) is 7.50. The highest BCUT2D eigenvalue weighted by molar-refractivity contribution is 5.93. The van der Waals surface area contributed by atoms with Crippen LogP contribution < -0.4 is 10.6 Å². The molecule has 1 saturated carbocycles. The van der Waals surface area contributed by atoms with Crippen LogP contribution >= 0.6 is 0 Å². The van der Waals surface area contributed by atoms with Crippen LogP contribution in [0, 0.1) is 11.7 Å². The second-order valence-corrected chi connectivity index (χ2v) is 8.69.